The number of aromatic nitrogens is 1. The van der Waals surface area contributed by atoms with Crippen molar-refractivity contribution in [1.29, 1.82) is 0 Å². The van der Waals surface area contributed by atoms with Crippen molar-refractivity contribution in [3.8, 4) is 11.3 Å². The van der Waals surface area contributed by atoms with E-state index in [1.807, 2.05) is 0 Å². The molecule has 1 aromatic heterocycles. The van der Waals surface area contributed by atoms with Gasteiger partial charge in [-0.1, -0.05) is 51.5 Å². The molecule has 0 spiro atoms. The van der Waals surface area contributed by atoms with Crippen molar-refractivity contribution in [1.82, 2.24) is 0 Å². The molecule has 140 valence electrons. The minimum absolute atomic E-state index is 0.576. The Morgan fingerprint density at radius 3 is 2.30 bits per heavy atom. The van der Waals surface area contributed by atoms with Crippen LogP contribution in [0.3, 0.4) is 0 Å². The van der Waals surface area contributed by atoms with Crippen LogP contribution in [0.1, 0.15) is 64.6 Å². The van der Waals surface area contributed by atoms with Crippen LogP contribution in [0.5, 0.6) is 0 Å². The summed E-state index contributed by atoms with van der Waals surface area (Å²) in [7, 11) is 2.14. The highest BCUT2D eigenvalue weighted by molar-refractivity contribution is 5.88. The molecule has 1 heteroatoms. The zero-order chi connectivity index (χ0) is 21.5. The number of hydrogen-bond donors (Lipinski definition) is 0. The highest BCUT2D eigenvalue weighted by Gasteiger charge is 2.41. The summed E-state index contributed by atoms with van der Waals surface area (Å²) in [5.41, 5.74) is 8.40. The average molecular weight is 361 g/mol. The maximum Gasteiger partial charge on any atom is 0.213 e. The molecular formula is C26H32N+. The van der Waals surface area contributed by atoms with E-state index in [0.29, 0.717) is 0 Å². The van der Waals surface area contributed by atoms with Crippen molar-refractivity contribution in [2.45, 2.75) is 65.7 Å². The fraction of sp³-hybridized carbons (Fsp3) is 0.423. The Bertz CT molecular complexity index is 1170. The van der Waals surface area contributed by atoms with E-state index in [1.54, 1.807) is 0 Å². The van der Waals surface area contributed by atoms with Gasteiger partial charge >= 0.3 is 0 Å². The van der Waals surface area contributed by atoms with Gasteiger partial charge in [0.25, 0.3) is 0 Å². The molecule has 4 rings (SSSR count). The summed E-state index contributed by atoms with van der Waals surface area (Å²) >= 11 is 0. The van der Waals surface area contributed by atoms with E-state index < -0.39 is 17.2 Å². The molecule has 0 radical (unpaired) electrons. The first-order chi connectivity index (χ1) is 13.3. The van der Waals surface area contributed by atoms with E-state index in [4.69, 9.17) is 2.74 Å². The Balaban J connectivity index is 2.20. The van der Waals surface area contributed by atoms with Crippen molar-refractivity contribution in [2.24, 2.45) is 7.05 Å². The molecule has 1 heterocycles. The zero-order valence-corrected chi connectivity index (χ0v) is 17.9. The molecule has 0 N–H and O–H groups in total. The normalized spacial score (nSPS) is 20.3. The van der Waals surface area contributed by atoms with Crippen LogP contribution in [0.15, 0.2) is 36.4 Å². The van der Waals surface area contributed by atoms with Crippen LogP contribution in [0.4, 0.5) is 0 Å². The minimum atomic E-state index is -1.38. The first-order valence-electron chi connectivity index (χ1n) is 10.9. The summed E-state index contributed by atoms with van der Waals surface area (Å²) < 4.78 is 20.5. The van der Waals surface area contributed by atoms with Gasteiger partial charge < -0.3 is 0 Å². The highest BCUT2D eigenvalue weighted by Crippen LogP contribution is 2.49. The van der Waals surface area contributed by atoms with Crippen molar-refractivity contribution in [3.05, 3.63) is 64.2 Å². The molecule has 0 atom stereocenters. The van der Waals surface area contributed by atoms with E-state index in [-0.39, 0.29) is 0 Å². The molecular weight excluding hydrogens is 326 g/mol. The Kier molecular flexibility index (Phi) is 3.33. The number of nitrogens with zero attached hydrogens (tertiary/aromatic N) is 1. The molecule has 1 nitrogen and oxygen atoms in total. The SMILES string of the molecule is [2H]C1([2H])C(C)(C)c2cccc3c2c(cc(-c2cc(C)cc(C)c2C)[n+]3C)C1(C)C. The first kappa shape index (κ1) is 15.9. The molecule has 0 unspecified atom stereocenters. The van der Waals surface area contributed by atoms with Crippen LogP contribution in [0, 0.1) is 20.8 Å². The van der Waals surface area contributed by atoms with Gasteiger partial charge in [0.15, 0.2) is 0 Å². The smallest absolute Gasteiger partial charge is 0.194 e. The van der Waals surface area contributed by atoms with E-state index in [9.17, 15) is 0 Å². The van der Waals surface area contributed by atoms with Crippen molar-refractivity contribution < 1.29 is 7.31 Å². The third kappa shape index (κ3) is 2.63. The molecule has 0 saturated heterocycles. The summed E-state index contributed by atoms with van der Waals surface area (Å²) in [6.07, 6.45) is -1.38. The molecule has 2 aromatic carbocycles. The van der Waals surface area contributed by atoms with Crippen LogP contribution in [-0.4, -0.2) is 0 Å². The molecule has 3 aromatic rings. The second-order valence-corrected chi connectivity index (χ2v) is 9.33. The number of aryl methyl sites for hydroxylation is 3. The summed E-state index contributed by atoms with van der Waals surface area (Å²) in [5, 5.41) is 1.21. The van der Waals surface area contributed by atoms with Gasteiger partial charge in [-0.15, -0.1) is 0 Å². The molecule has 0 amide bonds. The van der Waals surface area contributed by atoms with Gasteiger partial charge in [-0.25, -0.2) is 0 Å². The second kappa shape index (κ2) is 5.67. The summed E-state index contributed by atoms with van der Waals surface area (Å²) in [5.74, 6) is 0. The summed E-state index contributed by atoms with van der Waals surface area (Å²) in [6.45, 7) is 14.7. The van der Waals surface area contributed by atoms with Crippen LogP contribution in [-0.2, 0) is 17.9 Å². The zero-order valence-electron chi connectivity index (χ0n) is 19.9. The maximum absolute atomic E-state index is 9.13. The number of rotatable bonds is 1. The molecule has 0 aliphatic heterocycles. The Labute approximate surface area is 166 Å². The van der Waals surface area contributed by atoms with Gasteiger partial charge in [-0.3, -0.25) is 0 Å². The standard InChI is InChI=1S/C26H32N/c1-16-12-17(2)18(3)19(13-16)23-14-21-24-20(10-9-11-22(24)27(23)8)25(4,5)15-26(21,6)7/h9-14H,15H2,1-8H3/q+1/i15D2. The lowest BCUT2D eigenvalue weighted by Gasteiger charge is -2.41. The van der Waals surface area contributed by atoms with E-state index in [1.165, 1.54) is 33.2 Å². The molecule has 1 aliphatic carbocycles. The Hall–Kier alpha value is -2.15. The number of benzene rings is 2. The van der Waals surface area contributed by atoms with Gasteiger partial charge in [0.1, 0.15) is 7.05 Å². The molecule has 1 aliphatic rings. The lowest BCUT2D eigenvalue weighted by molar-refractivity contribution is -0.633. The van der Waals surface area contributed by atoms with Crippen molar-refractivity contribution in [3.63, 3.8) is 0 Å². The van der Waals surface area contributed by atoms with Crippen LogP contribution in [0.25, 0.3) is 22.2 Å². The summed E-state index contributed by atoms with van der Waals surface area (Å²) in [4.78, 5) is 0. The predicted molar refractivity (Wildman–Crippen MR) is 115 cm³/mol. The van der Waals surface area contributed by atoms with Gasteiger partial charge in [0.2, 0.25) is 11.2 Å². The lowest BCUT2D eigenvalue weighted by atomic mass is 9.62. The van der Waals surface area contributed by atoms with E-state index in [2.05, 4.69) is 96.5 Å². The van der Waals surface area contributed by atoms with Crippen molar-refractivity contribution in [2.75, 3.05) is 0 Å². The van der Waals surface area contributed by atoms with E-state index in [0.717, 1.165) is 16.8 Å². The largest absolute Gasteiger partial charge is 0.213 e. The topological polar surface area (TPSA) is 3.88 Å². The van der Waals surface area contributed by atoms with Gasteiger partial charge in [-0.05, 0) is 66.3 Å². The number of hydrogen-bond acceptors (Lipinski definition) is 0. The minimum Gasteiger partial charge on any atom is -0.194 e. The van der Waals surface area contributed by atoms with Crippen molar-refractivity contribution >= 4 is 10.9 Å². The predicted octanol–water partition coefficient (Wildman–Crippen LogP) is 6.22. The maximum atomic E-state index is 9.13. The monoisotopic (exact) mass is 360 g/mol. The van der Waals surface area contributed by atoms with Gasteiger partial charge in [-0.2, -0.15) is 4.57 Å². The fourth-order valence-corrected chi connectivity index (χ4v) is 5.03. The quantitative estimate of drug-likeness (QED) is 0.454. The van der Waals surface area contributed by atoms with Crippen LogP contribution >= 0.6 is 0 Å². The third-order valence-electron chi connectivity index (χ3n) is 6.37. The van der Waals surface area contributed by atoms with Gasteiger partial charge in [0.05, 0.1) is 5.39 Å². The Morgan fingerprint density at radius 2 is 1.59 bits per heavy atom. The fourth-order valence-electron chi connectivity index (χ4n) is 5.03. The molecule has 0 bridgehead atoms. The lowest BCUT2D eigenvalue weighted by Crippen LogP contribution is -2.39. The number of pyridine rings is 1. The summed E-state index contributed by atoms with van der Waals surface area (Å²) in [6, 6.07) is 13.1. The third-order valence-corrected chi connectivity index (χ3v) is 6.37. The van der Waals surface area contributed by atoms with Gasteiger partial charge in [0, 0.05) is 20.4 Å². The van der Waals surface area contributed by atoms with E-state index >= 15 is 0 Å². The average Bonchev–Trinajstić information content (AvgIpc) is 2.63. The second-order valence-electron chi connectivity index (χ2n) is 9.33. The molecule has 0 fully saturated rings. The van der Waals surface area contributed by atoms with Crippen LogP contribution < -0.4 is 4.57 Å². The highest BCUT2D eigenvalue weighted by atomic mass is 14.9. The van der Waals surface area contributed by atoms with Crippen LogP contribution in [0.2, 0.25) is 0 Å². The first-order valence-corrected chi connectivity index (χ1v) is 9.87. The Morgan fingerprint density at radius 1 is 0.926 bits per heavy atom. The molecule has 0 saturated carbocycles. The molecule has 27 heavy (non-hydrogen) atoms.